The number of benzene rings is 3. The van der Waals surface area contributed by atoms with Crippen LogP contribution >= 0.6 is 34.7 Å². The van der Waals surface area contributed by atoms with Gasteiger partial charge in [0, 0.05) is 33.0 Å². The molecule has 3 nitrogen and oxygen atoms in total. The van der Waals surface area contributed by atoms with Crippen LogP contribution < -0.4 is 5.32 Å². The standard InChI is InChI=1S/C25H21ClN2OS2/c26-21-10-12-22(13-11-21)30-15-14-24(29)28-25-27-23(17-31-25)20-8-6-19(7-9-20)16-18-4-2-1-3-5-18/h1-13,17H,14-16H2,(H,27,28,29). The van der Waals surface area contributed by atoms with Gasteiger partial charge in [-0.25, -0.2) is 4.98 Å². The zero-order valence-electron chi connectivity index (χ0n) is 16.8. The van der Waals surface area contributed by atoms with Crippen LogP contribution in [-0.2, 0) is 11.2 Å². The summed E-state index contributed by atoms with van der Waals surface area (Å²) in [6.07, 6.45) is 1.34. The van der Waals surface area contributed by atoms with Crippen LogP contribution in [0.25, 0.3) is 11.3 Å². The fourth-order valence-corrected chi connectivity index (χ4v) is 4.78. The molecule has 6 heteroatoms. The number of thiazole rings is 1. The van der Waals surface area contributed by atoms with E-state index in [1.807, 2.05) is 35.7 Å². The number of hydrogen-bond acceptors (Lipinski definition) is 4. The highest BCUT2D eigenvalue weighted by molar-refractivity contribution is 7.99. The molecule has 4 rings (SSSR count). The molecule has 31 heavy (non-hydrogen) atoms. The van der Waals surface area contributed by atoms with E-state index in [2.05, 4.69) is 58.8 Å². The quantitative estimate of drug-likeness (QED) is 0.281. The first-order chi connectivity index (χ1) is 15.2. The summed E-state index contributed by atoms with van der Waals surface area (Å²) >= 11 is 8.98. The van der Waals surface area contributed by atoms with Crippen molar-refractivity contribution in [3.05, 3.63) is 100 Å². The van der Waals surface area contributed by atoms with E-state index in [-0.39, 0.29) is 5.91 Å². The van der Waals surface area contributed by atoms with Crippen molar-refractivity contribution >= 4 is 45.7 Å². The summed E-state index contributed by atoms with van der Waals surface area (Å²) in [5.74, 6) is 0.676. The molecule has 0 atom stereocenters. The molecule has 1 aromatic heterocycles. The zero-order chi connectivity index (χ0) is 21.5. The predicted octanol–water partition coefficient (Wildman–Crippen LogP) is 7.18. The Kier molecular flexibility index (Phi) is 7.41. The molecular formula is C25H21ClN2OS2. The Labute approximate surface area is 195 Å². The Hall–Kier alpha value is -2.60. The van der Waals surface area contributed by atoms with Gasteiger partial charge in [0.15, 0.2) is 5.13 Å². The molecule has 0 unspecified atom stereocenters. The number of aromatic nitrogens is 1. The number of anilines is 1. The van der Waals surface area contributed by atoms with Crippen LogP contribution in [0.5, 0.6) is 0 Å². The lowest BCUT2D eigenvalue weighted by Crippen LogP contribution is -2.11. The van der Waals surface area contributed by atoms with Crippen LogP contribution in [-0.4, -0.2) is 16.6 Å². The molecule has 0 bridgehead atoms. The molecule has 3 aromatic carbocycles. The Morgan fingerprint density at radius 3 is 2.39 bits per heavy atom. The number of carbonyl (C=O) groups excluding carboxylic acids is 1. The maximum Gasteiger partial charge on any atom is 0.226 e. The fourth-order valence-electron chi connectivity index (χ4n) is 3.06. The summed E-state index contributed by atoms with van der Waals surface area (Å²) in [5, 5.41) is 6.23. The van der Waals surface area contributed by atoms with Gasteiger partial charge in [0.2, 0.25) is 5.91 Å². The first-order valence-electron chi connectivity index (χ1n) is 9.93. The lowest BCUT2D eigenvalue weighted by molar-refractivity contribution is -0.115. The van der Waals surface area contributed by atoms with E-state index >= 15 is 0 Å². The summed E-state index contributed by atoms with van der Waals surface area (Å²) in [6.45, 7) is 0. The van der Waals surface area contributed by atoms with Gasteiger partial charge in [-0.2, -0.15) is 0 Å². The van der Waals surface area contributed by atoms with Crippen molar-refractivity contribution in [2.24, 2.45) is 0 Å². The molecule has 0 spiro atoms. The average molecular weight is 465 g/mol. The van der Waals surface area contributed by atoms with E-state index in [9.17, 15) is 4.79 Å². The molecule has 0 aliphatic carbocycles. The van der Waals surface area contributed by atoms with E-state index in [4.69, 9.17) is 11.6 Å². The molecule has 0 radical (unpaired) electrons. The predicted molar refractivity (Wildman–Crippen MR) is 132 cm³/mol. The number of nitrogens with one attached hydrogen (secondary N) is 1. The Morgan fingerprint density at radius 2 is 1.65 bits per heavy atom. The van der Waals surface area contributed by atoms with E-state index < -0.39 is 0 Å². The van der Waals surface area contributed by atoms with E-state index in [0.29, 0.717) is 22.3 Å². The Balaban J connectivity index is 1.28. The van der Waals surface area contributed by atoms with Crippen molar-refractivity contribution in [2.45, 2.75) is 17.7 Å². The minimum atomic E-state index is -0.0272. The number of nitrogens with zero attached hydrogens (tertiary/aromatic N) is 1. The highest BCUT2D eigenvalue weighted by Gasteiger charge is 2.09. The number of amides is 1. The van der Waals surface area contributed by atoms with Gasteiger partial charge in [-0.15, -0.1) is 23.1 Å². The molecule has 1 heterocycles. The van der Waals surface area contributed by atoms with Crippen LogP contribution in [0.4, 0.5) is 5.13 Å². The van der Waals surface area contributed by atoms with Crippen molar-refractivity contribution in [2.75, 3.05) is 11.1 Å². The number of thioether (sulfide) groups is 1. The molecule has 0 aliphatic rings. The SMILES string of the molecule is O=C(CCSc1ccc(Cl)cc1)Nc1nc(-c2ccc(Cc3ccccc3)cc2)cs1. The lowest BCUT2D eigenvalue weighted by atomic mass is 10.0. The molecular weight excluding hydrogens is 444 g/mol. The van der Waals surface area contributed by atoms with Gasteiger partial charge in [0.05, 0.1) is 5.69 Å². The minimum Gasteiger partial charge on any atom is -0.302 e. The third kappa shape index (κ3) is 6.44. The van der Waals surface area contributed by atoms with E-state index in [1.54, 1.807) is 11.8 Å². The zero-order valence-corrected chi connectivity index (χ0v) is 19.1. The number of rotatable bonds is 8. The highest BCUT2D eigenvalue weighted by atomic mass is 35.5. The number of carbonyl (C=O) groups is 1. The monoisotopic (exact) mass is 464 g/mol. The maximum absolute atomic E-state index is 12.2. The van der Waals surface area contributed by atoms with Crippen LogP contribution in [0.1, 0.15) is 17.5 Å². The van der Waals surface area contributed by atoms with Crippen LogP contribution in [0, 0.1) is 0 Å². The van der Waals surface area contributed by atoms with E-state index in [1.165, 1.54) is 22.5 Å². The van der Waals surface area contributed by atoms with Crippen molar-refractivity contribution < 1.29 is 4.79 Å². The van der Waals surface area contributed by atoms with Gasteiger partial charge in [0.25, 0.3) is 0 Å². The normalized spacial score (nSPS) is 10.7. The highest BCUT2D eigenvalue weighted by Crippen LogP contribution is 2.26. The molecule has 0 aliphatic heterocycles. The average Bonchev–Trinajstić information content (AvgIpc) is 3.25. The first kappa shape index (κ1) is 21.6. The van der Waals surface area contributed by atoms with Crippen LogP contribution in [0.3, 0.4) is 0 Å². The molecule has 156 valence electrons. The molecule has 0 saturated carbocycles. The van der Waals surface area contributed by atoms with Gasteiger partial charge >= 0.3 is 0 Å². The fraction of sp³-hybridized carbons (Fsp3) is 0.120. The van der Waals surface area contributed by atoms with Crippen LogP contribution in [0.2, 0.25) is 5.02 Å². The Bertz CT molecular complexity index is 1130. The van der Waals surface area contributed by atoms with Crippen molar-refractivity contribution in [3.63, 3.8) is 0 Å². The number of hydrogen-bond donors (Lipinski definition) is 1. The number of halogens is 1. The van der Waals surface area contributed by atoms with Gasteiger partial charge < -0.3 is 5.32 Å². The second-order valence-corrected chi connectivity index (χ2v) is 9.46. The third-order valence-corrected chi connectivity index (χ3v) is 6.69. The van der Waals surface area contributed by atoms with Gasteiger partial charge in [-0.3, -0.25) is 4.79 Å². The summed E-state index contributed by atoms with van der Waals surface area (Å²) in [6, 6.07) is 26.5. The summed E-state index contributed by atoms with van der Waals surface area (Å²) in [5.41, 5.74) is 4.48. The molecule has 0 fully saturated rings. The van der Waals surface area contributed by atoms with Crippen LogP contribution in [0.15, 0.2) is 89.1 Å². The van der Waals surface area contributed by atoms with Gasteiger partial charge in [-0.05, 0) is 41.8 Å². The van der Waals surface area contributed by atoms with E-state index in [0.717, 1.165) is 22.6 Å². The molecule has 1 N–H and O–H groups in total. The summed E-state index contributed by atoms with van der Waals surface area (Å²) < 4.78 is 0. The van der Waals surface area contributed by atoms with Gasteiger partial charge in [0.1, 0.15) is 0 Å². The minimum absolute atomic E-state index is 0.0272. The molecule has 1 amide bonds. The molecule has 4 aromatic rings. The Morgan fingerprint density at radius 1 is 0.935 bits per heavy atom. The summed E-state index contributed by atoms with van der Waals surface area (Å²) in [7, 11) is 0. The molecule has 0 saturated heterocycles. The van der Waals surface area contributed by atoms with Gasteiger partial charge in [-0.1, -0.05) is 66.2 Å². The first-order valence-corrected chi connectivity index (χ1v) is 12.2. The van der Waals surface area contributed by atoms with Crippen molar-refractivity contribution in [3.8, 4) is 11.3 Å². The smallest absolute Gasteiger partial charge is 0.226 e. The largest absolute Gasteiger partial charge is 0.302 e. The second kappa shape index (κ2) is 10.6. The summed E-state index contributed by atoms with van der Waals surface area (Å²) in [4.78, 5) is 17.9. The maximum atomic E-state index is 12.2. The third-order valence-electron chi connectivity index (χ3n) is 4.66. The topological polar surface area (TPSA) is 42.0 Å². The van der Waals surface area contributed by atoms with Crippen molar-refractivity contribution in [1.82, 2.24) is 4.98 Å². The second-order valence-electron chi connectivity index (χ2n) is 7.00. The lowest BCUT2D eigenvalue weighted by Gasteiger charge is -2.04. The van der Waals surface area contributed by atoms with Crippen molar-refractivity contribution in [1.29, 1.82) is 0 Å².